The lowest BCUT2D eigenvalue weighted by Crippen LogP contribution is -2.17. The predicted octanol–water partition coefficient (Wildman–Crippen LogP) is 4.59. The molecule has 0 bridgehead atoms. The van der Waals surface area contributed by atoms with Gasteiger partial charge in [-0.3, -0.25) is 4.79 Å². The first kappa shape index (κ1) is 15.1. The van der Waals surface area contributed by atoms with E-state index in [1.54, 1.807) is 0 Å². The van der Waals surface area contributed by atoms with E-state index < -0.39 is 0 Å². The standard InChI is InChI=1S/C18H22N2O/c1-4-14-5-7-15(8-6-14)19-16-9-11-17(12-10-16)20-18(21)13(2)3/h5-13,19H,4H2,1-3H3,(H,20,21). The van der Waals surface area contributed by atoms with Crippen molar-refractivity contribution in [1.82, 2.24) is 0 Å². The topological polar surface area (TPSA) is 41.1 Å². The summed E-state index contributed by atoms with van der Waals surface area (Å²) in [5.74, 6) is 0.0192. The van der Waals surface area contributed by atoms with Crippen molar-refractivity contribution < 1.29 is 4.79 Å². The van der Waals surface area contributed by atoms with E-state index in [1.807, 2.05) is 38.1 Å². The Morgan fingerprint density at radius 2 is 1.38 bits per heavy atom. The monoisotopic (exact) mass is 282 g/mol. The molecule has 0 heterocycles. The molecule has 0 atom stereocenters. The summed E-state index contributed by atoms with van der Waals surface area (Å²) in [5.41, 5.74) is 4.21. The van der Waals surface area contributed by atoms with Crippen LogP contribution in [-0.2, 0) is 11.2 Å². The number of aryl methyl sites for hydroxylation is 1. The molecule has 2 rings (SSSR count). The van der Waals surface area contributed by atoms with Crippen molar-refractivity contribution in [3.8, 4) is 0 Å². The van der Waals surface area contributed by atoms with E-state index in [1.165, 1.54) is 5.56 Å². The number of hydrogen-bond donors (Lipinski definition) is 2. The minimum atomic E-state index is -0.0140. The highest BCUT2D eigenvalue weighted by molar-refractivity contribution is 5.92. The van der Waals surface area contributed by atoms with Gasteiger partial charge in [0.1, 0.15) is 0 Å². The van der Waals surface area contributed by atoms with Crippen molar-refractivity contribution >= 4 is 23.0 Å². The van der Waals surface area contributed by atoms with Crippen molar-refractivity contribution in [3.05, 3.63) is 54.1 Å². The third-order valence-corrected chi connectivity index (χ3v) is 3.33. The summed E-state index contributed by atoms with van der Waals surface area (Å²) in [6, 6.07) is 16.1. The Kier molecular flexibility index (Phi) is 4.99. The van der Waals surface area contributed by atoms with E-state index in [0.717, 1.165) is 23.5 Å². The van der Waals surface area contributed by atoms with Crippen molar-refractivity contribution in [2.45, 2.75) is 27.2 Å². The van der Waals surface area contributed by atoms with Crippen LogP contribution in [0.5, 0.6) is 0 Å². The van der Waals surface area contributed by atoms with Crippen LogP contribution in [0.3, 0.4) is 0 Å². The number of nitrogens with one attached hydrogen (secondary N) is 2. The Morgan fingerprint density at radius 3 is 1.86 bits per heavy atom. The normalized spacial score (nSPS) is 10.5. The van der Waals surface area contributed by atoms with Crippen LogP contribution < -0.4 is 10.6 Å². The fraction of sp³-hybridized carbons (Fsp3) is 0.278. The summed E-state index contributed by atoms with van der Waals surface area (Å²) in [7, 11) is 0. The summed E-state index contributed by atoms with van der Waals surface area (Å²) < 4.78 is 0. The van der Waals surface area contributed by atoms with Crippen molar-refractivity contribution in [2.75, 3.05) is 10.6 Å². The molecule has 21 heavy (non-hydrogen) atoms. The molecule has 0 aliphatic carbocycles. The van der Waals surface area contributed by atoms with Crippen LogP contribution in [0.1, 0.15) is 26.3 Å². The second kappa shape index (κ2) is 6.93. The number of benzene rings is 2. The number of carbonyl (C=O) groups excluding carboxylic acids is 1. The van der Waals surface area contributed by atoms with Crippen molar-refractivity contribution in [2.24, 2.45) is 5.92 Å². The zero-order valence-corrected chi connectivity index (χ0v) is 12.8. The average Bonchev–Trinajstić information content (AvgIpc) is 2.50. The van der Waals surface area contributed by atoms with Crippen LogP contribution in [0.4, 0.5) is 17.1 Å². The molecule has 3 heteroatoms. The van der Waals surface area contributed by atoms with Gasteiger partial charge in [0.05, 0.1) is 0 Å². The van der Waals surface area contributed by atoms with E-state index >= 15 is 0 Å². The van der Waals surface area contributed by atoms with E-state index in [0.29, 0.717) is 0 Å². The molecular weight excluding hydrogens is 260 g/mol. The summed E-state index contributed by atoms with van der Waals surface area (Å²) in [6.07, 6.45) is 1.05. The van der Waals surface area contributed by atoms with Gasteiger partial charge in [0.2, 0.25) is 5.91 Å². The maximum absolute atomic E-state index is 11.6. The summed E-state index contributed by atoms with van der Waals surface area (Å²) in [6.45, 7) is 5.91. The molecule has 0 spiro atoms. The summed E-state index contributed by atoms with van der Waals surface area (Å²) in [5, 5.41) is 6.23. The van der Waals surface area contributed by atoms with E-state index in [2.05, 4.69) is 41.8 Å². The third-order valence-electron chi connectivity index (χ3n) is 3.33. The van der Waals surface area contributed by atoms with Gasteiger partial charge in [-0.05, 0) is 48.4 Å². The molecule has 0 fully saturated rings. The maximum atomic E-state index is 11.6. The number of amides is 1. The molecule has 0 aliphatic heterocycles. The molecule has 1 amide bonds. The lowest BCUT2D eigenvalue weighted by atomic mass is 10.1. The Bertz CT molecular complexity index is 586. The lowest BCUT2D eigenvalue weighted by Gasteiger charge is -2.10. The Balaban J connectivity index is 2.00. The van der Waals surface area contributed by atoms with Gasteiger partial charge in [-0.2, -0.15) is 0 Å². The lowest BCUT2D eigenvalue weighted by molar-refractivity contribution is -0.118. The minimum Gasteiger partial charge on any atom is -0.356 e. The maximum Gasteiger partial charge on any atom is 0.226 e. The minimum absolute atomic E-state index is 0.0140. The van der Waals surface area contributed by atoms with Crippen LogP contribution >= 0.6 is 0 Å². The first-order valence-corrected chi connectivity index (χ1v) is 7.35. The average molecular weight is 282 g/mol. The van der Waals surface area contributed by atoms with Crippen molar-refractivity contribution in [1.29, 1.82) is 0 Å². The van der Waals surface area contributed by atoms with Gasteiger partial charge in [-0.25, -0.2) is 0 Å². The predicted molar refractivity (Wildman–Crippen MR) is 89.0 cm³/mol. The molecule has 0 aromatic heterocycles. The van der Waals surface area contributed by atoms with Crippen molar-refractivity contribution in [3.63, 3.8) is 0 Å². The largest absolute Gasteiger partial charge is 0.356 e. The fourth-order valence-electron chi connectivity index (χ4n) is 1.91. The number of carbonyl (C=O) groups is 1. The van der Waals surface area contributed by atoms with Gasteiger partial charge in [-0.1, -0.05) is 32.9 Å². The molecule has 0 saturated carbocycles. The zero-order valence-electron chi connectivity index (χ0n) is 12.8. The first-order chi connectivity index (χ1) is 10.1. The van der Waals surface area contributed by atoms with E-state index in [9.17, 15) is 4.79 Å². The zero-order chi connectivity index (χ0) is 15.2. The van der Waals surface area contributed by atoms with Crippen LogP contribution in [0.25, 0.3) is 0 Å². The Hall–Kier alpha value is -2.29. The smallest absolute Gasteiger partial charge is 0.226 e. The number of hydrogen-bond acceptors (Lipinski definition) is 2. The first-order valence-electron chi connectivity index (χ1n) is 7.35. The highest BCUT2D eigenvalue weighted by Crippen LogP contribution is 2.19. The number of rotatable bonds is 5. The van der Waals surface area contributed by atoms with E-state index in [4.69, 9.17) is 0 Å². The van der Waals surface area contributed by atoms with Crippen LogP contribution in [0, 0.1) is 5.92 Å². The molecule has 110 valence electrons. The molecule has 2 aromatic carbocycles. The second-order valence-electron chi connectivity index (χ2n) is 5.40. The molecule has 3 nitrogen and oxygen atoms in total. The van der Waals surface area contributed by atoms with Crippen LogP contribution in [0.2, 0.25) is 0 Å². The Morgan fingerprint density at radius 1 is 0.905 bits per heavy atom. The quantitative estimate of drug-likeness (QED) is 0.842. The van der Waals surface area contributed by atoms with E-state index in [-0.39, 0.29) is 11.8 Å². The molecular formula is C18H22N2O. The van der Waals surface area contributed by atoms with Crippen LogP contribution in [-0.4, -0.2) is 5.91 Å². The van der Waals surface area contributed by atoms with Gasteiger partial charge in [0, 0.05) is 23.0 Å². The molecule has 0 unspecified atom stereocenters. The van der Waals surface area contributed by atoms with Gasteiger partial charge in [-0.15, -0.1) is 0 Å². The molecule has 2 aromatic rings. The molecule has 2 N–H and O–H groups in total. The SMILES string of the molecule is CCc1ccc(Nc2ccc(NC(=O)C(C)C)cc2)cc1. The molecule has 0 aliphatic rings. The fourth-order valence-corrected chi connectivity index (χ4v) is 1.91. The van der Waals surface area contributed by atoms with Gasteiger partial charge >= 0.3 is 0 Å². The summed E-state index contributed by atoms with van der Waals surface area (Å²) >= 11 is 0. The highest BCUT2D eigenvalue weighted by atomic mass is 16.1. The van der Waals surface area contributed by atoms with Gasteiger partial charge in [0.25, 0.3) is 0 Å². The summed E-state index contributed by atoms with van der Waals surface area (Å²) in [4.78, 5) is 11.6. The second-order valence-corrected chi connectivity index (χ2v) is 5.40. The van der Waals surface area contributed by atoms with Gasteiger partial charge in [0.15, 0.2) is 0 Å². The van der Waals surface area contributed by atoms with Crippen LogP contribution in [0.15, 0.2) is 48.5 Å². The third kappa shape index (κ3) is 4.35. The highest BCUT2D eigenvalue weighted by Gasteiger charge is 2.06. The number of anilines is 3. The molecule has 0 saturated heterocycles. The van der Waals surface area contributed by atoms with Gasteiger partial charge < -0.3 is 10.6 Å². The molecule has 0 radical (unpaired) electrons. The Labute approximate surface area is 126 Å².